The summed E-state index contributed by atoms with van der Waals surface area (Å²) in [5.74, 6) is 0.742. The molecule has 1 aromatic heterocycles. The van der Waals surface area contributed by atoms with Gasteiger partial charge in [0.15, 0.2) is 0 Å². The van der Waals surface area contributed by atoms with Crippen molar-refractivity contribution in [3.05, 3.63) is 18.0 Å². The molecule has 0 saturated carbocycles. The Morgan fingerprint density at radius 3 is 2.81 bits per heavy atom. The zero-order valence-corrected chi connectivity index (χ0v) is 10.1. The van der Waals surface area contributed by atoms with Gasteiger partial charge in [-0.25, -0.2) is 9.97 Å². The average molecular weight is 220 g/mol. The Balaban J connectivity index is 1.97. The van der Waals surface area contributed by atoms with Crippen LogP contribution in [0.2, 0.25) is 0 Å². The summed E-state index contributed by atoms with van der Waals surface area (Å²) >= 11 is 0. The number of nitrogens with one attached hydrogen (secondary N) is 1. The molecule has 4 heteroatoms. The first-order valence-corrected chi connectivity index (χ1v) is 6.05. The van der Waals surface area contributed by atoms with Gasteiger partial charge in [0.25, 0.3) is 0 Å². The summed E-state index contributed by atoms with van der Waals surface area (Å²) < 4.78 is 0. The highest BCUT2D eigenvalue weighted by molar-refractivity contribution is 5.26. The lowest BCUT2D eigenvalue weighted by Gasteiger charge is -2.14. The fourth-order valence-corrected chi connectivity index (χ4v) is 1.98. The molecule has 0 amide bonds. The average Bonchev–Trinajstić information content (AvgIpc) is 2.70. The van der Waals surface area contributed by atoms with E-state index in [1.807, 2.05) is 12.3 Å². The SMILES string of the molecule is CC(C)Nc1nccc(CN2CCCC2)n1. The molecule has 4 nitrogen and oxygen atoms in total. The van der Waals surface area contributed by atoms with E-state index in [1.165, 1.54) is 25.9 Å². The van der Waals surface area contributed by atoms with Gasteiger partial charge in [0.05, 0.1) is 5.69 Å². The van der Waals surface area contributed by atoms with Gasteiger partial charge in [0, 0.05) is 18.8 Å². The molecular weight excluding hydrogens is 200 g/mol. The normalized spacial score (nSPS) is 16.9. The standard InChI is InChI=1S/C12H20N4/c1-10(2)14-12-13-6-5-11(15-12)9-16-7-3-4-8-16/h5-6,10H,3-4,7-9H2,1-2H3,(H,13,14,15). The fourth-order valence-electron chi connectivity index (χ4n) is 1.98. The molecule has 1 saturated heterocycles. The number of aromatic nitrogens is 2. The molecule has 1 fully saturated rings. The van der Waals surface area contributed by atoms with Gasteiger partial charge in [-0.1, -0.05) is 0 Å². The molecule has 1 aliphatic heterocycles. The minimum atomic E-state index is 0.377. The van der Waals surface area contributed by atoms with Gasteiger partial charge < -0.3 is 5.32 Å². The number of rotatable bonds is 4. The minimum Gasteiger partial charge on any atom is -0.352 e. The lowest BCUT2D eigenvalue weighted by Crippen LogP contribution is -2.20. The zero-order valence-electron chi connectivity index (χ0n) is 10.1. The van der Waals surface area contributed by atoms with Crippen molar-refractivity contribution in [3.63, 3.8) is 0 Å². The van der Waals surface area contributed by atoms with Crippen molar-refractivity contribution in [1.29, 1.82) is 0 Å². The number of likely N-dealkylation sites (tertiary alicyclic amines) is 1. The van der Waals surface area contributed by atoms with E-state index in [-0.39, 0.29) is 0 Å². The maximum atomic E-state index is 4.51. The topological polar surface area (TPSA) is 41.1 Å². The van der Waals surface area contributed by atoms with Crippen LogP contribution in [0.4, 0.5) is 5.95 Å². The Morgan fingerprint density at radius 1 is 1.38 bits per heavy atom. The van der Waals surface area contributed by atoms with Crippen LogP contribution in [0.3, 0.4) is 0 Å². The van der Waals surface area contributed by atoms with Gasteiger partial charge >= 0.3 is 0 Å². The van der Waals surface area contributed by atoms with Crippen LogP contribution >= 0.6 is 0 Å². The molecule has 2 rings (SSSR count). The Labute approximate surface area is 97.1 Å². The molecule has 88 valence electrons. The fraction of sp³-hybridized carbons (Fsp3) is 0.667. The summed E-state index contributed by atoms with van der Waals surface area (Å²) in [5.41, 5.74) is 1.11. The van der Waals surface area contributed by atoms with Crippen LogP contribution in [0.25, 0.3) is 0 Å². The van der Waals surface area contributed by atoms with Crippen molar-refractivity contribution in [1.82, 2.24) is 14.9 Å². The Hall–Kier alpha value is -1.16. The van der Waals surface area contributed by atoms with Crippen LogP contribution in [-0.4, -0.2) is 34.0 Å². The summed E-state index contributed by atoms with van der Waals surface area (Å²) in [7, 11) is 0. The molecule has 0 unspecified atom stereocenters. The second kappa shape index (κ2) is 5.25. The molecule has 16 heavy (non-hydrogen) atoms. The van der Waals surface area contributed by atoms with Crippen LogP contribution in [0, 0.1) is 0 Å². The van der Waals surface area contributed by atoms with E-state index in [9.17, 15) is 0 Å². The molecular formula is C12H20N4. The number of anilines is 1. The van der Waals surface area contributed by atoms with Gasteiger partial charge in [0.1, 0.15) is 0 Å². The minimum absolute atomic E-state index is 0.377. The Kier molecular flexibility index (Phi) is 3.72. The lowest BCUT2D eigenvalue weighted by molar-refractivity contribution is 0.327. The first kappa shape index (κ1) is 11.3. The largest absolute Gasteiger partial charge is 0.352 e. The van der Waals surface area contributed by atoms with Crippen molar-refractivity contribution in [2.45, 2.75) is 39.3 Å². The van der Waals surface area contributed by atoms with Crippen LogP contribution < -0.4 is 5.32 Å². The number of hydrogen-bond acceptors (Lipinski definition) is 4. The third kappa shape index (κ3) is 3.17. The van der Waals surface area contributed by atoms with Crippen molar-refractivity contribution >= 4 is 5.95 Å². The van der Waals surface area contributed by atoms with Gasteiger partial charge in [-0.05, 0) is 45.8 Å². The van der Waals surface area contributed by atoms with E-state index < -0.39 is 0 Å². The van der Waals surface area contributed by atoms with E-state index in [0.717, 1.165) is 18.2 Å². The second-order valence-corrected chi connectivity index (χ2v) is 4.65. The first-order valence-electron chi connectivity index (χ1n) is 6.05. The summed E-state index contributed by atoms with van der Waals surface area (Å²) in [5, 5.41) is 3.23. The van der Waals surface area contributed by atoms with E-state index in [4.69, 9.17) is 0 Å². The van der Waals surface area contributed by atoms with Crippen molar-refractivity contribution in [2.24, 2.45) is 0 Å². The van der Waals surface area contributed by atoms with E-state index in [2.05, 4.69) is 34.0 Å². The van der Waals surface area contributed by atoms with Gasteiger partial charge in [-0.2, -0.15) is 0 Å². The molecule has 0 aliphatic carbocycles. The maximum Gasteiger partial charge on any atom is 0.223 e. The molecule has 0 atom stereocenters. The predicted octanol–water partition coefficient (Wildman–Crippen LogP) is 1.89. The number of hydrogen-bond donors (Lipinski definition) is 1. The van der Waals surface area contributed by atoms with Gasteiger partial charge in [0.2, 0.25) is 5.95 Å². The molecule has 0 aromatic carbocycles. The van der Waals surface area contributed by atoms with Crippen molar-refractivity contribution < 1.29 is 0 Å². The zero-order chi connectivity index (χ0) is 11.4. The third-order valence-corrected chi connectivity index (χ3v) is 2.72. The highest BCUT2D eigenvalue weighted by Crippen LogP contribution is 2.11. The van der Waals surface area contributed by atoms with Crippen LogP contribution in [0.5, 0.6) is 0 Å². The summed E-state index contributed by atoms with van der Waals surface area (Å²) in [6.07, 6.45) is 4.48. The highest BCUT2D eigenvalue weighted by Gasteiger charge is 2.12. The monoisotopic (exact) mass is 220 g/mol. The second-order valence-electron chi connectivity index (χ2n) is 4.65. The Bertz CT molecular complexity index is 332. The molecule has 1 N–H and O–H groups in total. The van der Waals surface area contributed by atoms with Crippen molar-refractivity contribution in [3.8, 4) is 0 Å². The van der Waals surface area contributed by atoms with Crippen molar-refractivity contribution in [2.75, 3.05) is 18.4 Å². The number of nitrogens with zero attached hydrogens (tertiary/aromatic N) is 3. The smallest absolute Gasteiger partial charge is 0.223 e. The predicted molar refractivity (Wildman–Crippen MR) is 65.3 cm³/mol. The molecule has 1 aromatic rings. The summed E-state index contributed by atoms with van der Waals surface area (Å²) in [4.78, 5) is 11.2. The van der Waals surface area contributed by atoms with E-state index in [0.29, 0.717) is 6.04 Å². The quantitative estimate of drug-likeness (QED) is 0.841. The molecule has 1 aliphatic rings. The summed E-state index contributed by atoms with van der Waals surface area (Å²) in [6.45, 7) is 7.55. The maximum absolute atomic E-state index is 4.51. The third-order valence-electron chi connectivity index (χ3n) is 2.72. The molecule has 0 spiro atoms. The summed E-state index contributed by atoms with van der Waals surface area (Å²) in [6, 6.07) is 2.38. The highest BCUT2D eigenvalue weighted by atomic mass is 15.2. The van der Waals surface area contributed by atoms with Crippen LogP contribution in [-0.2, 0) is 6.54 Å². The Morgan fingerprint density at radius 2 is 2.12 bits per heavy atom. The molecule has 2 heterocycles. The molecule has 0 radical (unpaired) electrons. The lowest BCUT2D eigenvalue weighted by atomic mass is 10.3. The van der Waals surface area contributed by atoms with Gasteiger partial charge in [-0.3, -0.25) is 4.90 Å². The molecule has 0 bridgehead atoms. The van der Waals surface area contributed by atoms with Gasteiger partial charge in [-0.15, -0.1) is 0 Å². The first-order chi connectivity index (χ1) is 7.74. The van der Waals surface area contributed by atoms with E-state index >= 15 is 0 Å². The van der Waals surface area contributed by atoms with Crippen LogP contribution in [0.15, 0.2) is 12.3 Å². The van der Waals surface area contributed by atoms with E-state index in [1.54, 1.807) is 0 Å². The van der Waals surface area contributed by atoms with Crippen LogP contribution in [0.1, 0.15) is 32.4 Å².